The Morgan fingerprint density at radius 1 is 1.36 bits per heavy atom. The topological polar surface area (TPSA) is 35.5 Å². The first-order valence-electron chi connectivity index (χ1n) is 4.48. The van der Waals surface area contributed by atoms with Crippen molar-refractivity contribution in [1.82, 2.24) is 0 Å². The Morgan fingerprint density at radius 2 is 2.07 bits per heavy atom. The number of carbonyl (C=O) groups excluding carboxylic acids is 1. The molecule has 0 saturated carbocycles. The van der Waals surface area contributed by atoms with Gasteiger partial charge < -0.3 is 9.47 Å². The van der Waals surface area contributed by atoms with Crippen LogP contribution in [0.1, 0.15) is 22.8 Å². The third-order valence-corrected chi connectivity index (χ3v) is 2.08. The molecule has 0 fully saturated rings. The number of benzene rings is 1. The number of methoxy groups -OCH3 is 2. The molecule has 76 valence electrons. The Bertz CT molecular complexity index is 331. The van der Waals surface area contributed by atoms with Gasteiger partial charge in [0.25, 0.3) is 0 Å². The van der Waals surface area contributed by atoms with Gasteiger partial charge >= 0.3 is 5.97 Å². The number of rotatable bonds is 3. The van der Waals surface area contributed by atoms with Crippen LogP contribution >= 0.6 is 0 Å². The first-order valence-corrected chi connectivity index (χ1v) is 4.48. The van der Waals surface area contributed by atoms with E-state index in [4.69, 9.17) is 4.74 Å². The lowest BCUT2D eigenvalue weighted by Gasteiger charge is -2.07. The number of aryl methyl sites for hydroxylation is 1. The monoisotopic (exact) mass is 194 g/mol. The molecule has 14 heavy (non-hydrogen) atoms. The maximum atomic E-state index is 11.4. The summed E-state index contributed by atoms with van der Waals surface area (Å²) in [6.45, 7) is 2.03. The lowest BCUT2D eigenvalue weighted by molar-refractivity contribution is 0.0597. The summed E-state index contributed by atoms with van der Waals surface area (Å²) in [7, 11) is 2.90. The highest BCUT2D eigenvalue weighted by Crippen LogP contribution is 2.20. The van der Waals surface area contributed by atoms with Crippen molar-refractivity contribution in [3.05, 3.63) is 29.3 Å². The summed E-state index contributed by atoms with van der Waals surface area (Å²) in [4.78, 5) is 11.4. The maximum absolute atomic E-state index is 11.4. The van der Waals surface area contributed by atoms with Crippen LogP contribution in [-0.4, -0.2) is 20.2 Å². The second-order valence-corrected chi connectivity index (χ2v) is 2.88. The molecule has 1 aromatic rings. The third kappa shape index (κ3) is 2.05. The molecule has 3 heteroatoms. The van der Waals surface area contributed by atoms with E-state index >= 15 is 0 Å². The second kappa shape index (κ2) is 4.65. The minimum absolute atomic E-state index is 0.364. The van der Waals surface area contributed by atoms with Crippen molar-refractivity contribution in [2.75, 3.05) is 14.2 Å². The van der Waals surface area contributed by atoms with E-state index in [-0.39, 0.29) is 5.97 Å². The molecule has 0 heterocycles. The van der Waals surface area contributed by atoms with Gasteiger partial charge in [-0.15, -0.1) is 0 Å². The zero-order valence-electron chi connectivity index (χ0n) is 8.66. The number of carbonyl (C=O) groups is 1. The number of hydrogen-bond acceptors (Lipinski definition) is 3. The predicted molar refractivity (Wildman–Crippen MR) is 53.7 cm³/mol. The van der Waals surface area contributed by atoms with Gasteiger partial charge in [0.15, 0.2) is 0 Å². The summed E-state index contributed by atoms with van der Waals surface area (Å²) < 4.78 is 9.73. The highest BCUT2D eigenvalue weighted by atomic mass is 16.5. The van der Waals surface area contributed by atoms with Gasteiger partial charge in [0, 0.05) is 0 Å². The molecule has 0 amide bonds. The Kier molecular flexibility index (Phi) is 3.51. The van der Waals surface area contributed by atoms with Gasteiger partial charge in [-0.1, -0.05) is 13.0 Å². The molecule has 0 spiro atoms. The van der Waals surface area contributed by atoms with E-state index in [1.807, 2.05) is 13.0 Å². The molecule has 3 nitrogen and oxygen atoms in total. The fourth-order valence-corrected chi connectivity index (χ4v) is 1.24. The van der Waals surface area contributed by atoms with Gasteiger partial charge in [-0.3, -0.25) is 0 Å². The first kappa shape index (κ1) is 10.6. The molecule has 0 aliphatic heterocycles. The second-order valence-electron chi connectivity index (χ2n) is 2.88. The van der Waals surface area contributed by atoms with E-state index in [0.717, 1.165) is 12.0 Å². The molecule has 0 bridgehead atoms. The molecule has 0 saturated heterocycles. The summed E-state index contributed by atoms with van der Waals surface area (Å²) in [5, 5.41) is 0. The van der Waals surface area contributed by atoms with Gasteiger partial charge in [-0.2, -0.15) is 0 Å². The van der Waals surface area contributed by atoms with Crippen molar-refractivity contribution in [3.63, 3.8) is 0 Å². The molecule has 0 unspecified atom stereocenters. The highest BCUT2D eigenvalue weighted by Gasteiger charge is 2.12. The van der Waals surface area contributed by atoms with Gasteiger partial charge in [0.2, 0.25) is 0 Å². The van der Waals surface area contributed by atoms with Crippen LogP contribution in [0.5, 0.6) is 5.75 Å². The quantitative estimate of drug-likeness (QED) is 0.691. The average molecular weight is 194 g/mol. The van der Waals surface area contributed by atoms with E-state index in [9.17, 15) is 4.79 Å². The zero-order valence-corrected chi connectivity index (χ0v) is 8.66. The molecule has 1 aromatic carbocycles. The molecule has 0 aromatic heterocycles. The molecule has 0 aliphatic carbocycles. The van der Waals surface area contributed by atoms with Crippen LogP contribution in [0.25, 0.3) is 0 Å². The Hall–Kier alpha value is -1.51. The van der Waals surface area contributed by atoms with Crippen LogP contribution in [-0.2, 0) is 11.2 Å². The number of hydrogen-bond donors (Lipinski definition) is 0. The van der Waals surface area contributed by atoms with Crippen LogP contribution in [0, 0.1) is 0 Å². The fourth-order valence-electron chi connectivity index (χ4n) is 1.24. The highest BCUT2D eigenvalue weighted by molar-refractivity contribution is 5.92. The van der Waals surface area contributed by atoms with E-state index in [2.05, 4.69) is 4.74 Å². The fraction of sp³-hybridized carbons (Fsp3) is 0.364. The minimum atomic E-state index is -0.364. The van der Waals surface area contributed by atoms with Gasteiger partial charge in [-0.05, 0) is 24.1 Å². The lowest BCUT2D eigenvalue weighted by atomic mass is 10.1. The predicted octanol–water partition coefficient (Wildman–Crippen LogP) is 2.04. The van der Waals surface area contributed by atoms with Crippen LogP contribution < -0.4 is 4.74 Å². The number of ether oxygens (including phenoxy) is 2. The van der Waals surface area contributed by atoms with Crippen molar-refractivity contribution in [3.8, 4) is 5.75 Å². The summed E-state index contributed by atoms with van der Waals surface area (Å²) >= 11 is 0. The van der Waals surface area contributed by atoms with Crippen molar-refractivity contribution in [2.24, 2.45) is 0 Å². The molecular weight excluding hydrogens is 180 g/mol. The van der Waals surface area contributed by atoms with Crippen molar-refractivity contribution >= 4 is 5.97 Å². The molecule has 0 aliphatic rings. The van der Waals surface area contributed by atoms with E-state index in [1.54, 1.807) is 12.1 Å². The first-order chi connectivity index (χ1) is 6.72. The number of esters is 1. The molecule has 1 rings (SSSR count). The molecular formula is C11H14O3. The zero-order chi connectivity index (χ0) is 10.6. The summed E-state index contributed by atoms with van der Waals surface area (Å²) in [5.74, 6) is 0.186. The maximum Gasteiger partial charge on any atom is 0.341 e. The average Bonchev–Trinajstić information content (AvgIpc) is 2.27. The van der Waals surface area contributed by atoms with Crippen molar-refractivity contribution in [1.29, 1.82) is 0 Å². The molecule has 0 N–H and O–H groups in total. The summed E-state index contributed by atoms with van der Waals surface area (Å²) in [6.07, 6.45) is 0.883. The van der Waals surface area contributed by atoms with Crippen LogP contribution in [0.4, 0.5) is 0 Å². The van der Waals surface area contributed by atoms with Gasteiger partial charge in [0.1, 0.15) is 11.3 Å². The summed E-state index contributed by atoms with van der Waals surface area (Å²) in [5.41, 5.74) is 1.57. The smallest absolute Gasteiger partial charge is 0.341 e. The normalized spacial score (nSPS) is 9.64. The molecule has 0 atom stereocenters. The minimum Gasteiger partial charge on any atom is -0.496 e. The Morgan fingerprint density at radius 3 is 2.57 bits per heavy atom. The van der Waals surface area contributed by atoms with E-state index in [1.165, 1.54) is 14.2 Å². The van der Waals surface area contributed by atoms with Crippen molar-refractivity contribution < 1.29 is 14.3 Å². The van der Waals surface area contributed by atoms with E-state index < -0.39 is 0 Å². The van der Waals surface area contributed by atoms with E-state index in [0.29, 0.717) is 11.3 Å². The van der Waals surface area contributed by atoms with Crippen LogP contribution in [0.3, 0.4) is 0 Å². The van der Waals surface area contributed by atoms with Crippen LogP contribution in [0.15, 0.2) is 18.2 Å². The SMILES string of the molecule is CCc1ccc(OC)c(C(=O)OC)c1. The molecule has 0 radical (unpaired) electrons. The largest absolute Gasteiger partial charge is 0.496 e. The third-order valence-electron chi connectivity index (χ3n) is 2.08. The van der Waals surface area contributed by atoms with Gasteiger partial charge in [0.05, 0.1) is 14.2 Å². The standard InChI is InChI=1S/C11H14O3/c1-4-8-5-6-10(13-2)9(7-8)11(12)14-3/h5-7H,4H2,1-3H3. The summed E-state index contributed by atoms with van der Waals surface area (Å²) in [6, 6.07) is 5.51. The Balaban J connectivity index is 3.14. The van der Waals surface area contributed by atoms with Gasteiger partial charge in [-0.25, -0.2) is 4.79 Å². The lowest BCUT2D eigenvalue weighted by Crippen LogP contribution is -2.04. The van der Waals surface area contributed by atoms with Crippen LogP contribution in [0.2, 0.25) is 0 Å². The van der Waals surface area contributed by atoms with Crippen molar-refractivity contribution in [2.45, 2.75) is 13.3 Å². The Labute approximate surface area is 83.6 Å².